The monoisotopic (exact) mass is 261 g/mol. The van der Waals surface area contributed by atoms with Crippen molar-refractivity contribution in [3.8, 4) is 0 Å². The van der Waals surface area contributed by atoms with Gasteiger partial charge in [0.1, 0.15) is 0 Å². The molecule has 0 aliphatic heterocycles. The molecule has 0 saturated heterocycles. The maximum atomic E-state index is 11.7. The second-order valence-electron chi connectivity index (χ2n) is 4.40. The molecule has 2 N–H and O–H groups in total. The molecular formula is C15H19NO3. The molecule has 0 radical (unpaired) electrons. The Morgan fingerprint density at radius 3 is 2.32 bits per heavy atom. The first-order chi connectivity index (χ1) is 9.02. The van der Waals surface area contributed by atoms with Crippen LogP contribution in [0.3, 0.4) is 0 Å². The highest BCUT2D eigenvalue weighted by atomic mass is 16.4. The van der Waals surface area contributed by atoms with Gasteiger partial charge in [-0.15, -0.1) is 0 Å². The zero-order chi connectivity index (χ0) is 14.3. The third-order valence-corrected chi connectivity index (χ3v) is 2.99. The number of aliphatic carboxylic acids is 1. The van der Waals surface area contributed by atoms with E-state index in [0.717, 1.165) is 12.8 Å². The van der Waals surface area contributed by atoms with Gasteiger partial charge < -0.3 is 10.4 Å². The van der Waals surface area contributed by atoms with Crippen molar-refractivity contribution in [2.45, 2.75) is 26.7 Å². The Hall–Kier alpha value is -2.10. The molecule has 102 valence electrons. The number of carboxylic acid groups (broad SMARTS) is 1. The topological polar surface area (TPSA) is 66.4 Å². The van der Waals surface area contributed by atoms with E-state index in [9.17, 15) is 9.59 Å². The highest BCUT2D eigenvalue weighted by Crippen LogP contribution is 2.04. The Bertz CT molecular complexity index is 477. The number of carbonyl (C=O) groups excluding carboxylic acids is 1. The Balaban J connectivity index is 2.36. The van der Waals surface area contributed by atoms with Gasteiger partial charge in [-0.05, 0) is 32.3 Å². The van der Waals surface area contributed by atoms with E-state index in [1.54, 1.807) is 0 Å². The predicted molar refractivity (Wildman–Crippen MR) is 73.8 cm³/mol. The summed E-state index contributed by atoms with van der Waals surface area (Å²) in [7, 11) is 0. The lowest BCUT2D eigenvalue weighted by atomic mass is 10.1. The third kappa shape index (κ3) is 4.95. The molecule has 0 bridgehead atoms. The number of hydrogen-bond acceptors (Lipinski definition) is 2. The van der Waals surface area contributed by atoms with Gasteiger partial charge in [0.25, 0.3) is 0 Å². The van der Waals surface area contributed by atoms with Crippen molar-refractivity contribution in [2.24, 2.45) is 0 Å². The van der Waals surface area contributed by atoms with Crippen LogP contribution >= 0.6 is 0 Å². The summed E-state index contributed by atoms with van der Waals surface area (Å²) in [6.07, 6.45) is 1.72. The van der Waals surface area contributed by atoms with Crippen LogP contribution in [0.4, 0.5) is 0 Å². The quantitative estimate of drug-likeness (QED) is 0.609. The van der Waals surface area contributed by atoms with Gasteiger partial charge in [-0.1, -0.05) is 30.3 Å². The van der Waals surface area contributed by atoms with E-state index in [2.05, 4.69) is 5.32 Å². The molecule has 0 aliphatic carbocycles. The number of carboxylic acids is 1. The fourth-order valence-electron chi connectivity index (χ4n) is 1.60. The third-order valence-electron chi connectivity index (χ3n) is 2.99. The highest BCUT2D eigenvalue weighted by molar-refractivity contribution is 6.01. The summed E-state index contributed by atoms with van der Waals surface area (Å²) in [5, 5.41) is 11.5. The van der Waals surface area contributed by atoms with E-state index >= 15 is 0 Å². The SMILES string of the molecule is CC(C(=O)O)=C(C)C(=O)NCCCc1ccccc1. The van der Waals surface area contributed by atoms with Gasteiger partial charge in [-0.3, -0.25) is 4.79 Å². The average Bonchev–Trinajstić information content (AvgIpc) is 2.42. The minimum atomic E-state index is -1.06. The van der Waals surface area contributed by atoms with Crippen molar-refractivity contribution < 1.29 is 14.7 Å². The van der Waals surface area contributed by atoms with Crippen molar-refractivity contribution in [1.29, 1.82) is 0 Å². The Labute approximate surface area is 113 Å². The van der Waals surface area contributed by atoms with Gasteiger partial charge in [0, 0.05) is 17.7 Å². The Morgan fingerprint density at radius 2 is 1.74 bits per heavy atom. The molecule has 1 rings (SSSR count). The number of aryl methyl sites for hydroxylation is 1. The molecule has 0 heterocycles. The molecule has 19 heavy (non-hydrogen) atoms. The van der Waals surface area contributed by atoms with Crippen molar-refractivity contribution in [1.82, 2.24) is 5.32 Å². The highest BCUT2D eigenvalue weighted by Gasteiger charge is 2.11. The first-order valence-electron chi connectivity index (χ1n) is 6.25. The molecule has 1 aromatic rings. The summed E-state index contributed by atoms with van der Waals surface area (Å²) in [4.78, 5) is 22.4. The lowest BCUT2D eigenvalue weighted by molar-refractivity contribution is -0.133. The van der Waals surface area contributed by atoms with E-state index < -0.39 is 5.97 Å². The molecule has 0 saturated carbocycles. The van der Waals surface area contributed by atoms with Crippen molar-refractivity contribution in [3.05, 3.63) is 47.0 Å². The van der Waals surface area contributed by atoms with E-state index in [-0.39, 0.29) is 17.1 Å². The number of carbonyl (C=O) groups is 2. The predicted octanol–water partition coefficient (Wildman–Crippen LogP) is 2.16. The summed E-state index contributed by atoms with van der Waals surface area (Å²) in [6.45, 7) is 3.50. The Kier molecular flexibility index (Phi) is 5.79. The summed E-state index contributed by atoms with van der Waals surface area (Å²) in [5.41, 5.74) is 1.57. The molecule has 1 amide bonds. The maximum Gasteiger partial charge on any atom is 0.331 e. The van der Waals surface area contributed by atoms with Crippen LogP contribution in [-0.4, -0.2) is 23.5 Å². The van der Waals surface area contributed by atoms with Gasteiger partial charge in [0.2, 0.25) is 5.91 Å². The molecule has 4 heteroatoms. The van der Waals surface area contributed by atoms with Crippen LogP contribution < -0.4 is 5.32 Å². The second kappa shape index (κ2) is 7.36. The van der Waals surface area contributed by atoms with Gasteiger partial charge >= 0.3 is 5.97 Å². The fraction of sp³-hybridized carbons (Fsp3) is 0.333. The van der Waals surface area contributed by atoms with Crippen LogP contribution in [0.1, 0.15) is 25.8 Å². The number of amides is 1. The van der Waals surface area contributed by atoms with Crippen LogP contribution in [0.15, 0.2) is 41.5 Å². The van der Waals surface area contributed by atoms with Crippen molar-refractivity contribution in [2.75, 3.05) is 6.54 Å². The zero-order valence-electron chi connectivity index (χ0n) is 11.3. The number of hydrogen-bond donors (Lipinski definition) is 2. The minimum absolute atomic E-state index is 0.0839. The molecule has 4 nitrogen and oxygen atoms in total. The molecule has 0 fully saturated rings. The first kappa shape index (κ1) is 15.0. The van der Waals surface area contributed by atoms with E-state index in [4.69, 9.17) is 5.11 Å². The van der Waals surface area contributed by atoms with Gasteiger partial charge in [0.05, 0.1) is 0 Å². The number of nitrogens with one attached hydrogen (secondary N) is 1. The second-order valence-corrected chi connectivity index (χ2v) is 4.40. The van der Waals surface area contributed by atoms with Crippen LogP contribution in [0.5, 0.6) is 0 Å². The van der Waals surface area contributed by atoms with E-state index in [1.807, 2.05) is 30.3 Å². The molecular weight excluding hydrogens is 242 g/mol. The molecule has 0 aromatic heterocycles. The summed E-state index contributed by atoms with van der Waals surface area (Å²) in [5.74, 6) is -1.37. The van der Waals surface area contributed by atoms with Gasteiger partial charge in [-0.2, -0.15) is 0 Å². The standard InChI is InChI=1S/C15H19NO3/c1-11(12(2)15(18)19)14(17)16-10-6-9-13-7-4-3-5-8-13/h3-5,7-8H,6,9-10H2,1-2H3,(H,16,17)(H,18,19). The molecule has 0 aliphatic rings. The lowest BCUT2D eigenvalue weighted by Gasteiger charge is -2.07. The van der Waals surface area contributed by atoms with E-state index in [0.29, 0.717) is 6.54 Å². The summed E-state index contributed by atoms with van der Waals surface area (Å²) >= 11 is 0. The summed E-state index contributed by atoms with van der Waals surface area (Å²) < 4.78 is 0. The largest absolute Gasteiger partial charge is 0.478 e. The summed E-state index contributed by atoms with van der Waals surface area (Å²) in [6, 6.07) is 10.0. The normalized spacial score (nSPS) is 11.7. The van der Waals surface area contributed by atoms with Crippen LogP contribution in [0, 0.1) is 0 Å². The van der Waals surface area contributed by atoms with Crippen molar-refractivity contribution in [3.63, 3.8) is 0 Å². The maximum absolute atomic E-state index is 11.7. The molecule has 1 aromatic carbocycles. The average molecular weight is 261 g/mol. The van der Waals surface area contributed by atoms with E-state index in [1.165, 1.54) is 19.4 Å². The fourth-order valence-corrected chi connectivity index (χ4v) is 1.60. The lowest BCUT2D eigenvalue weighted by Crippen LogP contribution is -2.26. The van der Waals surface area contributed by atoms with Crippen LogP contribution in [-0.2, 0) is 16.0 Å². The first-order valence-corrected chi connectivity index (χ1v) is 6.25. The van der Waals surface area contributed by atoms with Gasteiger partial charge in [-0.25, -0.2) is 4.79 Å². The Morgan fingerprint density at radius 1 is 1.11 bits per heavy atom. The minimum Gasteiger partial charge on any atom is -0.478 e. The molecule has 0 unspecified atom stereocenters. The van der Waals surface area contributed by atoms with Crippen LogP contribution in [0.2, 0.25) is 0 Å². The molecule has 0 atom stereocenters. The molecule has 0 spiro atoms. The van der Waals surface area contributed by atoms with Gasteiger partial charge in [0.15, 0.2) is 0 Å². The van der Waals surface area contributed by atoms with Crippen molar-refractivity contribution >= 4 is 11.9 Å². The number of rotatable bonds is 6. The number of benzene rings is 1. The zero-order valence-corrected chi connectivity index (χ0v) is 11.3. The van der Waals surface area contributed by atoms with Crippen LogP contribution in [0.25, 0.3) is 0 Å². The smallest absolute Gasteiger partial charge is 0.331 e.